The standard InChI is InChI=1S/C14H17N3OS/c1-10(18)11-2-4-12(5-3-11)17-9-13-8-15-6-7-16(13)14(17)19/h2-5,13,15H,6-9H2,1H3. The number of nitrogens with one attached hydrogen (secondary N) is 1. The maximum Gasteiger partial charge on any atom is 0.176 e. The number of carbonyl (C=O) groups is 1. The monoisotopic (exact) mass is 275 g/mol. The number of nitrogens with zero attached hydrogens (tertiary/aromatic N) is 2. The quantitative estimate of drug-likeness (QED) is 0.649. The first-order valence-electron chi connectivity index (χ1n) is 6.56. The van der Waals surface area contributed by atoms with Crippen molar-refractivity contribution in [1.29, 1.82) is 0 Å². The Morgan fingerprint density at radius 1 is 1.37 bits per heavy atom. The summed E-state index contributed by atoms with van der Waals surface area (Å²) in [6, 6.07) is 8.17. The molecule has 1 aromatic rings. The van der Waals surface area contributed by atoms with Crippen LogP contribution in [0.4, 0.5) is 5.69 Å². The molecule has 3 rings (SSSR count). The Morgan fingerprint density at radius 3 is 2.74 bits per heavy atom. The molecule has 0 spiro atoms. The van der Waals surface area contributed by atoms with Crippen LogP contribution in [0.5, 0.6) is 0 Å². The maximum atomic E-state index is 11.3. The zero-order valence-electron chi connectivity index (χ0n) is 10.9. The SMILES string of the molecule is CC(=O)c1ccc(N2CC3CNCCN3C2=S)cc1. The molecule has 2 fully saturated rings. The van der Waals surface area contributed by atoms with Crippen molar-refractivity contribution in [3.63, 3.8) is 0 Å². The van der Waals surface area contributed by atoms with E-state index >= 15 is 0 Å². The van der Waals surface area contributed by atoms with Crippen molar-refractivity contribution in [3.8, 4) is 0 Å². The fraction of sp³-hybridized carbons (Fsp3) is 0.429. The van der Waals surface area contributed by atoms with E-state index in [2.05, 4.69) is 15.1 Å². The van der Waals surface area contributed by atoms with Crippen molar-refractivity contribution < 1.29 is 4.79 Å². The summed E-state index contributed by atoms with van der Waals surface area (Å²) in [5.74, 6) is 0.0946. The van der Waals surface area contributed by atoms with Crippen molar-refractivity contribution in [2.24, 2.45) is 0 Å². The van der Waals surface area contributed by atoms with Gasteiger partial charge in [-0.25, -0.2) is 0 Å². The second kappa shape index (κ2) is 4.90. The minimum Gasteiger partial charge on any atom is -0.342 e. The van der Waals surface area contributed by atoms with Gasteiger partial charge >= 0.3 is 0 Å². The number of anilines is 1. The molecule has 2 saturated heterocycles. The van der Waals surface area contributed by atoms with E-state index in [0.29, 0.717) is 6.04 Å². The summed E-state index contributed by atoms with van der Waals surface area (Å²) in [7, 11) is 0. The smallest absolute Gasteiger partial charge is 0.176 e. The zero-order valence-corrected chi connectivity index (χ0v) is 11.7. The van der Waals surface area contributed by atoms with Crippen LogP contribution in [-0.2, 0) is 0 Å². The zero-order chi connectivity index (χ0) is 13.4. The summed E-state index contributed by atoms with van der Waals surface area (Å²) in [6.07, 6.45) is 0. The van der Waals surface area contributed by atoms with Gasteiger partial charge in [-0.05, 0) is 43.4 Å². The topological polar surface area (TPSA) is 35.6 Å². The first kappa shape index (κ1) is 12.6. The highest BCUT2D eigenvalue weighted by Crippen LogP contribution is 2.25. The van der Waals surface area contributed by atoms with Crippen LogP contribution in [0.3, 0.4) is 0 Å². The van der Waals surface area contributed by atoms with E-state index in [1.165, 1.54) is 0 Å². The summed E-state index contributed by atoms with van der Waals surface area (Å²) in [5.41, 5.74) is 1.82. The van der Waals surface area contributed by atoms with Crippen molar-refractivity contribution in [1.82, 2.24) is 10.2 Å². The summed E-state index contributed by atoms with van der Waals surface area (Å²) < 4.78 is 0. The molecular weight excluding hydrogens is 258 g/mol. The number of ketones is 1. The molecule has 2 heterocycles. The minimum atomic E-state index is 0.0946. The molecule has 1 atom stereocenters. The predicted molar refractivity (Wildman–Crippen MR) is 79.8 cm³/mol. The average Bonchev–Trinajstić information content (AvgIpc) is 2.77. The van der Waals surface area contributed by atoms with Gasteiger partial charge in [-0.3, -0.25) is 4.79 Å². The van der Waals surface area contributed by atoms with E-state index in [-0.39, 0.29) is 5.78 Å². The van der Waals surface area contributed by atoms with Crippen LogP contribution >= 0.6 is 12.2 Å². The lowest BCUT2D eigenvalue weighted by atomic mass is 10.1. The second-order valence-corrected chi connectivity index (χ2v) is 5.41. The molecule has 0 saturated carbocycles. The molecule has 100 valence electrons. The molecular formula is C14H17N3OS. The molecule has 2 aliphatic heterocycles. The molecule has 0 aromatic heterocycles. The largest absolute Gasteiger partial charge is 0.342 e. The van der Waals surface area contributed by atoms with Crippen LogP contribution in [0.15, 0.2) is 24.3 Å². The van der Waals surface area contributed by atoms with Gasteiger partial charge in [-0.2, -0.15) is 0 Å². The third-order valence-corrected chi connectivity index (χ3v) is 4.26. The Bertz CT molecular complexity index is 514. The minimum absolute atomic E-state index is 0.0946. The van der Waals surface area contributed by atoms with Gasteiger partial charge in [0.1, 0.15) is 0 Å². The third-order valence-electron chi connectivity index (χ3n) is 3.81. The first-order valence-corrected chi connectivity index (χ1v) is 6.97. The summed E-state index contributed by atoms with van der Waals surface area (Å²) in [5, 5.41) is 4.30. The number of thiocarbonyl (C=S) groups is 1. The third kappa shape index (κ3) is 2.24. The Balaban J connectivity index is 1.82. The van der Waals surface area contributed by atoms with Crippen LogP contribution in [0.2, 0.25) is 0 Å². The van der Waals surface area contributed by atoms with Crippen LogP contribution in [0, 0.1) is 0 Å². The number of piperazine rings is 1. The molecule has 2 aliphatic rings. The number of carbonyl (C=O) groups excluding carboxylic acids is 1. The van der Waals surface area contributed by atoms with Gasteiger partial charge in [0.2, 0.25) is 0 Å². The Hall–Kier alpha value is -1.46. The molecule has 19 heavy (non-hydrogen) atoms. The van der Waals surface area contributed by atoms with Gasteiger partial charge in [0, 0.05) is 37.4 Å². The van der Waals surface area contributed by atoms with Gasteiger partial charge in [0.05, 0.1) is 6.04 Å². The lowest BCUT2D eigenvalue weighted by Crippen LogP contribution is -2.49. The number of rotatable bonds is 2. The average molecular weight is 275 g/mol. The second-order valence-electron chi connectivity index (χ2n) is 5.05. The Labute approximate surface area is 118 Å². The highest BCUT2D eigenvalue weighted by molar-refractivity contribution is 7.80. The number of Topliss-reactive ketones (excluding diaryl/α,β-unsaturated/α-hetero) is 1. The Morgan fingerprint density at radius 2 is 2.11 bits per heavy atom. The van der Waals surface area contributed by atoms with E-state index < -0.39 is 0 Å². The van der Waals surface area contributed by atoms with E-state index in [4.69, 9.17) is 12.2 Å². The summed E-state index contributed by atoms with van der Waals surface area (Å²) >= 11 is 5.56. The summed E-state index contributed by atoms with van der Waals surface area (Å²) in [6.45, 7) is 5.47. The van der Waals surface area contributed by atoms with Gasteiger partial charge in [0.15, 0.2) is 10.9 Å². The van der Waals surface area contributed by atoms with Crippen molar-refractivity contribution in [3.05, 3.63) is 29.8 Å². The van der Waals surface area contributed by atoms with E-state index in [9.17, 15) is 4.79 Å². The van der Waals surface area contributed by atoms with Crippen molar-refractivity contribution >= 4 is 28.8 Å². The molecule has 0 bridgehead atoms. The first-order chi connectivity index (χ1) is 9.16. The molecule has 4 nitrogen and oxygen atoms in total. The van der Waals surface area contributed by atoms with Crippen molar-refractivity contribution in [2.75, 3.05) is 31.1 Å². The molecule has 1 N–H and O–H groups in total. The molecule has 0 aliphatic carbocycles. The van der Waals surface area contributed by atoms with Crippen LogP contribution in [0.1, 0.15) is 17.3 Å². The predicted octanol–water partition coefficient (Wildman–Crippen LogP) is 1.27. The number of benzene rings is 1. The lowest BCUT2D eigenvalue weighted by Gasteiger charge is -2.30. The van der Waals surface area contributed by atoms with E-state index in [0.717, 1.165) is 42.5 Å². The van der Waals surface area contributed by atoms with E-state index in [1.54, 1.807) is 6.92 Å². The lowest BCUT2D eigenvalue weighted by molar-refractivity contribution is 0.101. The number of hydrogen-bond donors (Lipinski definition) is 1. The van der Waals surface area contributed by atoms with Crippen LogP contribution in [0.25, 0.3) is 0 Å². The molecule has 1 aromatic carbocycles. The van der Waals surface area contributed by atoms with Crippen molar-refractivity contribution in [2.45, 2.75) is 13.0 Å². The Kier molecular flexibility index (Phi) is 3.24. The van der Waals surface area contributed by atoms with Crippen LogP contribution in [-0.4, -0.2) is 48.0 Å². The molecule has 1 unspecified atom stereocenters. The van der Waals surface area contributed by atoms with E-state index in [1.807, 2.05) is 24.3 Å². The highest BCUT2D eigenvalue weighted by atomic mass is 32.1. The molecule has 5 heteroatoms. The molecule has 0 amide bonds. The van der Waals surface area contributed by atoms with Crippen LogP contribution < -0.4 is 10.2 Å². The fourth-order valence-electron chi connectivity index (χ4n) is 2.71. The molecule has 0 radical (unpaired) electrons. The normalized spacial score (nSPS) is 22.6. The fourth-order valence-corrected chi connectivity index (χ4v) is 3.13. The van der Waals surface area contributed by atoms with Gasteiger partial charge in [-0.15, -0.1) is 0 Å². The summed E-state index contributed by atoms with van der Waals surface area (Å²) in [4.78, 5) is 15.8. The number of hydrogen-bond acceptors (Lipinski definition) is 3. The van der Waals surface area contributed by atoms with Gasteiger partial charge in [-0.1, -0.05) is 0 Å². The maximum absolute atomic E-state index is 11.3. The van der Waals surface area contributed by atoms with Gasteiger partial charge < -0.3 is 15.1 Å². The number of fused-ring (bicyclic) bond motifs is 1. The highest BCUT2D eigenvalue weighted by Gasteiger charge is 2.36. The van der Waals surface area contributed by atoms with Gasteiger partial charge in [0.25, 0.3) is 0 Å².